The van der Waals surface area contributed by atoms with E-state index in [1.54, 1.807) is 14.2 Å². The summed E-state index contributed by atoms with van der Waals surface area (Å²) in [6.07, 6.45) is 0.781. The number of likely N-dealkylation sites (N-methyl/N-ethyl adjacent to an activating group) is 1. The van der Waals surface area contributed by atoms with Crippen LogP contribution in [0.2, 0.25) is 8.67 Å². The Morgan fingerprint density at radius 3 is 2.38 bits per heavy atom. The average molecular weight is 346 g/mol. The highest BCUT2D eigenvalue weighted by atomic mass is 35.5. The molecule has 0 saturated heterocycles. The van der Waals surface area contributed by atoms with E-state index in [4.69, 9.17) is 32.7 Å². The summed E-state index contributed by atoms with van der Waals surface area (Å²) < 4.78 is 12.0. The van der Waals surface area contributed by atoms with E-state index in [1.165, 1.54) is 11.3 Å². The molecule has 0 amide bonds. The fourth-order valence-electron chi connectivity index (χ4n) is 2.20. The Hall–Kier alpha value is -0.940. The van der Waals surface area contributed by atoms with Gasteiger partial charge in [-0.2, -0.15) is 0 Å². The second-order valence-electron chi connectivity index (χ2n) is 4.51. The predicted molar refractivity (Wildman–Crippen MR) is 89.4 cm³/mol. The largest absolute Gasteiger partial charge is 0.493 e. The van der Waals surface area contributed by atoms with E-state index < -0.39 is 0 Å². The highest BCUT2D eigenvalue weighted by Gasteiger charge is 2.17. The van der Waals surface area contributed by atoms with Gasteiger partial charge in [0.25, 0.3) is 0 Å². The van der Waals surface area contributed by atoms with Gasteiger partial charge in [-0.05, 0) is 37.2 Å². The Labute approximate surface area is 138 Å². The zero-order valence-electron chi connectivity index (χ0n) is 12.1. The SMILES string of the molecule is CNC(Cc1ccc(OC)c(OC)c1)c1cc(Cl)sc1Cl. The molecule has 1 heterocycles. The summed E-state index contributed by atoms with van der Waals surface area (Å²) in [5.74, 6) is 1.44. The minimum absolute atomic E-state index is 0.0966. The number of methoxy groups -OCH3 is 2. The number of halogens is 2. The fourth-order valence-corrected chi connectivity index (χ4v) is 3.78. The summed E-state index contributed by atoms with van der Waals surface area (Å²) in [7, 11) is 5.17. The Bertz CT molecular complexity index is 616. The molecule has 0 aliphatic rings. The molecule has 2 rings (SSSR count). The predicted octanol–water partition coefficient (Wildman–Crippen LogP) is 4.58. The van der Waals surface area contributed by atoms with Crippen molar-refractivity contribution in [1.82, 2.24) is 5.32 Å². The Kier molecular flexibility index (Phi) is 5.76. The van der Waals surface area contributed by atoms with Gasteiger partial charge in [0.05, 0.1) is 22.9 Å². The Morgan fingerprint density at radius 1 is 1.14 bits per heavy atom. The smallest absolute Gasteiger partial charge is 0.160 e. The second-order valence-corrected chi connectivity index (χ2v) is 6.80. The van der Waals surface area contributed by atoms with Crippen LogP contribution in [0.3, 0.4) is 0 Å². The van der Waals surface area contributed by atoms with Gasteiger partial charge in [0.15, 0.2) is 11.5 Å². The summed E-state index contributed by atoms with van der Waals surface area (Å²) in [5.41, 5.74) is 2.15. The monoisotopic (exact) mass is 345 g/mol. The molecule has 2 aromatic rings. The molecule has 0 radical (unpaired) electrons. The van der Waals surface area contributed by atoms with E-state index in [1.807, 2.05) is 31.3 Å². The van der Waals surface area contributed by atoms with E-state index >= 15 is 0 Å². The molecule has 114 valence electrons. The van der Waals surface area contributed by atoms with Gasteiger partial charge in [0.2, 0.25) is 0 Å². The first-order valence-corrected chi connectivity index (χ1v) is 7.99. The standard InChI is InChI=1S/C15H17Cl2NO2S/c1-18-11(10-8-14(16)21-15(10)17)6-9-4-5-12(19-2)13(7-9)20-3/h4-5,7-8,11,18H,6H2,1-3H3. The van der Waals surface area contributed by atoms with E-state index in [2.05, 4.69) is 5.32 Å². The minimum atomic E-state index is 0.0966. The lowest BCUT2D eigenvalue weighted by Crippen LogP contribution is -2.18. The van der Waals surface area contributed by atoms with Gasteiger partial charge in [-0.3, -0.25) is 0 Å². The van der Waals surface area contributed by atoms with Gasteiger partial charge in [-0.25, -0.2) is 0 Å². The van der Waals surface area contributed by atoms with Crippen molar-refractivity contribution in [3.63, 3.8) is 0 Å². The maximum Gasteiger partial charge on any atom is 0.160 e. The van der Waals surface area contributed by atoms with Gasteiger partial charge in [0, 0.05) is 11.6 Å². The molecule has 1 atom stereocenters. The van der Waals surface area contributed by atoms with Crippen molar-refractivity contribution in [2.45, 2.75) is 12.5 Å². The van der Waals surface area contributed by atoms with Gasteiger partial charge in [0.1, 0.15) is 0 Å². The molecule has 21 heavy (non-hydrogen) atoms. The molecule has 0 spiro atoms. The zero-order chi connectivity index (χ0) is 15.4. The van der Waals surface area contributed by atoms with Crippen molar-refractivity contribution < 1.29 is 9.47 Å². The van der Waals surface area contributed by atoms with Crippen molar-refractivity contribution in [3.8, 4) is 11.5 Å². The van der Waals surface area contributed by atoms with Crippen LogP contribution >= 0.6 is 34.5 Å². The lowest BCUT2D eigenvalue weighted by Gasteiger charge is -2.17. The van der Waals surface area contributed by atoms with Crippen LogP contribution in [0.1, 0.15) is 17.2 Å². The Balaban J connectivity index is 2.24. The number of nitrogens with one attached hydrogen (secondary N) is 1. The molecule has 0 fully saturated rings. The number of rotatable bonds is 6. The third kappa shape index (κ3) is 3.83. The molecule has 0 saturated carbocycles. The molecule has 3 nitrogen and oxygen atoms in total. The maximum absolute atomic E-state index is 6.24. The summed E-state index contributed by atoms with van der Waals surface area (Å²) in [4.78, 5) is 0. The Morgan fingerprint density at radius 2 is 1.86 bits per heavy atom. The quantitative estimate of drug-likeness (QED) is 0.831. The molecule has 1 N–H and O–H groups in total. The molecular weight excluding hydrogens is 329 g/mol. The summed E-state index contributed by atoms with van der Waals surface area (Å²) >= 11 is 13.7. The van der Waals surface area contributed by atoms with Crippen LogP contribution in [-0.4, -0.2) is 21.3 Å². The number of benzene rings is 1. The number of hydrogen-bond acceptors (Lipinski definition) is 4. The normalized spacial score (nSPS) is 12.2. The van der Waals surface area contributed by atoms with E-state index in [-0.39, 0.29) is 6.04 Å². The summed E-state index contributed by atoms with van der Waals surface area (Å²) in [5, 5.41) is 3.28. The van der Waals surface area contributed by atoms with E-state index in [9.17, 15) is 0 Å². The highest BCUT2D eigenvalue weighted by Crippen LogP contribution is 2.37. The average Bonchev–Trinajstić information content (AvgIpc) is 2.83. The molecular formula is C15H17Cl2NO2S. The van der Waals surface area contributed by atoms with Crippen LogP contribution in [-0.2, 0) is 6.42 Å². The number of ether oxygens (including phenoxy) is 2. The zero-order valence-corrected chi connectivity index (χ0v) is 14.4. The van der Waals surface area contributed by atoms with Gasteiger partial charge in [-0.1, -0.05) is 29.3 Å². The first-order valence-electron chi connectivity index (χ1n) is 6.42. The van der Waals surface area contributed by atoms with Gasteiger partial charge < -0.3 is 14.8 Å². The van der Waals surface area contributed by atoms with Crippen LogP contribution in [0.5, 0.6) is 11.5 Å². The summed E-state index contributed by atoms with van der Waals surface area (Å²) in [6, 6.07) is 7.91. The second kappa shape index (κ2) is 7.36. The van der Waals surface area contributed by atoms with Gasteiger partial charge in [-0.15, -0.1) is 11.3 Å². The van der Waals surface area contributed by atoms with Crippen LogP contribution in [0.4, 0.5) is 0 Å². The van der Waals surface area contributed by atoms with Crippen LogP contribution in [0, 0.1) is 0 Å². The van der Waals surface area contributed by atoms with E-state index in [0.717, 1.165) is 33.4 Å². The topological polar surface area (TPSA) is 30.5 Å². The van der Waals surface area contributed by atoms with Crippen LogP contribution < -0.4 is 14.8 Å². The first-order chi connectivity index (χ1) is 10.1. The van der Waals surface area contributed by atoms with Crippen LogP contribution in [0.25, 0.3) is 0 Å². The van der Waals surface area contributed by atoms with Crippen molar-refractivity contribution in [2.75, 3.05) is 21.3 Å². The van der Waals surface area contributed by atoms with Crippen molar-refractivity contribution in [2.24, 2.45) is 0 Å². The summed E-state index contributed by atoms with van der Waals surface area (Å²) in [6.45, 7) is 0. The first kappa shape index (κ1) is 16.4. The van der Waals surface area contributed by atoms with Crippen LogP contribution in [0.15, 0.2) is 24.3 Å². The minimum Gasteiger partial charge on any atom is -0.493 e. The molecule has 1 unspecified atom stereocenters. The molecule has 0 aliphatic heterocycles. The van der Waals surface area contributed by atoms with Crippen molar-refractivity contribution in [1.29, 1.82) is 0 Å². The lowest BCUT2D eigenvalue weighted by molar-refractivity contribution is 0.354. The van der Waals surface area contributed by atoms with Crippen molar-refractivity contribution >= 4 is 34.5 Å². The molecule has 1 aromatic heterocycles. The maximum atomic E-state index is 6.24. The molecule has 1 aromatic carbocycles. The van der Waals surface area contributed by atoms with Crippen molar-refractivity contribution in [3.05, 3.63) is 44.1 Å². The number of hydrogen-bond donors (Lipinski definition) is 1. The van der Waals surface area contributed by atoms with E-state index in [0.29, 0.717) is 4.34 Å². The number of thiophene rings is 1. The third-order valence-corrected chi connectivity index (χ3v) is 4.81. The highest BCUT2D eigenvalue weighted by molar-refractivity contribution is 7.20. The molecule has 0 bridgehead atoms. The lowest BCUT2D eigenvalue weighted by atomic mass is 10.0. The third-order valence-electron chi connectivity index (χ3n) is 3.29. The fraction of sp³-hybridized carbons (Fsp3) is 0.333. The van der Waals surface area contributed by atoms with Gasteiger partial charge >= 0.3 is 0 Å². The molecule has 6 heteroatoms. The molecule has 0 aliphatic carbocycles.